The van der Waals surface area contributed by atoms with Crippen LogP contribution in [0.25, 0.3) is 0 Å². The Bertz CT molecular complexity index is 864. The first-order valence-electron chi connectivity index (χ1n) is 10.1. The van der Waals surface area contributed by atoms with Crippen molar-refractivity contribution in [2.24, 2.45) is 5.92 Å². The highest BCUT2D eigenvalue weighted by molar-refractivity contribution is 5.76. The van der Waals surface area contributed by atoms with Crippen LogP contribution in [0.5, 0.6) is 17.2 Å². The van der Waals surface area contributed by atoms with E-state index in [1.165, 1.54) is 0 Å². The van der Waals surface area contributed by atoms with Crippen LogP contribution in [-0.2, 0) is 9.53 Å². The summed E-state index contributed by atoms with van der Waals surface area (Å²) in [5.74, 6) is 1.76. The molecule has 0 unspecified atom stereocenters. The van der Waals surface area contributed by atoms with Crippen molar-refractivity contribution in [3.05, 3.63) is 53.6 Å². The van der Waals surface area contributed by atoms with Crippen LogP contribution in [0.1, 0.15) is 43.9 Å². The molecule has 1 fully saturated rings. The minimum Gasteiger partial charge on any atom is -0.491 e. The summed E-state index contributed by atoms with van der Waals surface area (Å²) >= 11 is 0. The van der Waals surface area contributed by atoms with E-state index < -0.39 is 0 Å². The molecular formula is C23H27NO5. The Labute approximate surface area is 171 Å². The molecule has 0 bridgehead atoms. The third-order valence-electron chi connectivity index (χ3n) is 5.34. The molecule has 2 aromatic carbocycles. The molecule has 2 aromatic rings. The zero-order chi connectivity index (χ0) is 20.4. The number of nitrogens with one attached hydrogen (secondary N) is 1. The van der Waals surface area contributed by atoms with Crippen LogP contribution in [0.15, 0.2) is 42.5 Å². The second-order valence-electron chi connectivity index (χ2n) is 7.62. The lowest BCUT2D eigenvalue weighted by Gasteiger charge is -2.23. The van der Waals surface area contributed by atoms with Gasteiger partial charge in [0.05, 0.1) is 18.6 Å². The van der Waals surface area contributed by atoms with Crippen LogP contribution in [0.2, 0.25) is 0 Å². The number of carbonyl (C=O) groups excluding carboxylic acids is 1. The average Bonchev–Trinajstić information content (AvgIpc) is 3.34. The molecule has 6 nitrogen and oxygen atoms in total. The molecule has 1 N–H and O–H groups in total. The van der Waals surface area contributed by atoms with Gasteiger partial charge in [-0.25, -0.2) is 0 Å². The van der Waals surface area contributed by atoms with E-state index in [2.05, 4.69) is 5.32 Å². The Balaban J connectivity index is 1.61. The van der Waals surface area contributed by atoms with E-state index in [0.29, 0.717) is 13.2 Å². The first-order valence-corrected chi connectivity index (χ1v) is 10.1. The fourth-order valence-electron chi connectivity index (χ4n) is 4.10. The van der Waals surface area contributed by atoms with Gasteiger partial charge in [-0.05, 0) is 56.2 Å². The van der Waals surface area contributed by atoms with Crippen molar-refractivity contribution in [3.63, 3.8) is 0 Å². The Morgan fingerprint density at radius 2 is 1.83 bits per heavy atom. The monoisotopic (exact) mass is 397 g/mol. The van der Waals surface area contributed by atoms with Crippen molar-refractivity contribution in [1.82, 2.24) is 5.32 Å². The highest BCUT2D eigenvalue weighted by Crippen LogP contribution is 2.43. The number of rotatable bonds is 6. The first-order chi connectivity index (χ1) is 14.1. The molecular weight excluding hydrogens is 370 g/mol. The lowest BCUT2D eigenvalue weighted by atomic mass is 9.83. The van der Waals surface area contributed by atoms with Gasteiger partial charge in [0.15, 0.2) is 11.5 Å². The molecule has 0 saturated carbocycles. The summed E-state index contributed by atoms with van der Waals surface area (Å²) in [5, 5.41) is 3.53. The maximum Gasteiger partial charge on any atom is 0.311 e. The van der Waals surface area contributed by atoms with Gasteiger partial charge in [0.2, 0.25) is 6.79 Å². The van der Waals surface area contributed by atoms with Crippen LogP contribution >= 0.6 is 0 Å². The summed E-state index contributed by atoms with van der Waals surface area (Å²) in [5.41, 5.74) is 2.09. The zero-order valence-electron chi connectivity index (χ0n) is 17.0. The molecule has 2 aliphatic rings. The fourth-order valence-corrected chi connectivity index (χ4v) is 4.10. The Hall–Kier alpha value is -2.73. The molecule has 2 heterocycles. The van der Waals surface area contributed by atoms with Gasteiger partial charge >= 0.3 is 5.97 Å². The van der Waals surface area contributed by atoms with Gasteiger partial charge in [0, 0.05) is 18.5 Å². The summed E-state index contributed by atoms with van der Waals surface area (Å²) in [6.45, 7) is 7.10. The van der Waals surface area contributed by atoms with E-state index in [4.69, 9.17) is 18.9 Å². The van der Waals surface area contributed by atoms with Crippen LogP contribution < -0.4 is 19.5 Å². The summed E-state index contributed by atoms with van der Waals surface area (Å²) < 4.78 is 22.1. The number of esters is 1. The second-order valence-corrected chi connectivity index (χ2v) is 7.62. The predicted molar refractivity (Wildman–Crippen MR) is 108 cm³/mol. The normalized spacial score (nSPS) is 22.7. The fraction of sp³-hybridized carbons (Fsp3) is 0.435. The maximum atomic E-state index is 12.9. The van der Waals surface area contributed by atoms with Gasteiger partial charge in [0.25, 0.3) is 0 Å². The van der Waals surface area contributed by atoms with E-state index in [0.717, 1.165) is 28.4 Å². The summed E-state index contributed by atoms with van der Waals surface area (Å²) in [7, 11) is 0. The van der Waals surface area contributed by atoms with Crippen molar-refractivity contribution in [1.29, 1.82) is 0 Å². The smallest absolute Gasteiger partial charge is 0.311 e. The number of ether oxygens (including phenoxy) is 4. The molecule has 2 aliphatic heterocycles. The topological polar surface area (TPSA) is 66.0 Å². The molecule has 0 aliphatic carbocycles. The van der Waals surface area contributed by atoms with Crippen molar-refractivity contribution in [2.75, 3.05) is 19.9 Å². The van der Waals surface area contributed by atoms with E-state index in [1.54, 1.807) is 0 Å². The van der Waals surface area contributed by atoms with Crippen molar-refractivity contribution >= 4 is 5.97 Å². The van der Waals surface area contributed by atoms with Gasteiger partial charge in [-0.1, -0.05) is 18.2 Å². The third-order valence-corrected chi connectivity index (χ3v) is 5.34. The molecule has 1 saturated heterocycles. The van der Waals surface area contributed by atoms with Gasteiger partial charge in [-0.15, -0.1) is 0 Å². The van der Waals surface area contributed by atoms with Crippen LogP contribution in [0.4, 0.5) is 0 Å². The highest BCUT2D eigenvalue weighted by Gasteiger charge is 2.43. The minimum atomic E-state index is -0.327. The van der Waals surface area contributed by atoms with Crippen LogP contribution in [0.3, 0.4) is 0 Å². The van der Waals surface area contributed by atoms with E-state index in [-0.39, 0.29) is 36.7 Å². The molecule has 3 atom stereocenters. The predicted octanol–water partition coefficient (Wildman–Crippen LogP) is 3.81. The average molecular weight is 397 g/mol. The van der Waals surface area contributed by atoms with Crippen molar-refractivity contribution < 1.29 is 23.7 Å². The Kier molecular flexibility index (Phi) is 5.62. The largest absolute Gasteiger partial charge is 0.491 e. The van der Waals surface area contributed by atoms with Gasteiger partial charge < -0.3 is 24.3 Å². The SMILES string of the molecule is CCOC(=O)[C@@H]1[C@@H](c2ccc3c(c2)OCO3)CN[C@H]1c1ccc(OC(C)C)cc1. The highest BCUT2D eigenvalue weighted by atomic mass is 16.7. The molecule has 154 valence electrons. The summed E-state index contributed by atoms with van der Waals surface area (Å²) in [6.07, 6.45) is 0.119. The quantitative estimate of drug-likeness (QED) is 0.748. The number of carbonyl (C=O) groups is 1. The van der Waals surface area contributed by atoms with E-state index in [9.17, 15) is 4.79 Å². The maximum absolute atomic E-state index is 12.9. The molecule has 4 rings (SSSR count). The molecule has 0 radical (unpaired) electrons. The van der Waals surface area contributed by atoms with Gasteiger partial charge in [0.1, 0.15) is 5.75 Å². The van der Waals surface area contributed by atoms with E-state index in [1.807, 2.05) is 63.2 Å². The lowest BCUT2D eigenvalue weighted by Crippen LogP contribution is -2.27. The van der Waals surface area contributed by atoms with Crippen molar-refractivity contribution in [3.8, 4) is 17.2 Å². The standard InChI is InChI=1S/C23H27NO5/c1-4-26-23(25)21-18(16-7-10-19-20(11-16)28-13-27-19)12-24-22(21)15-5-8-17(9-6-15)29-14(2)3/h5-11,14,18,21-22,24H,4,12-13H2,1-3H3/t18-,21-,22+/m1/s1. The Morgan fingerprint density at radius 3 is 2.55 bits per heavy atom. The van der Waals surface area contributed by atoms with E-state index >= 15 is 0 Å². The first kappa shape index (κ1) is 19.6. The van der Waals surface area contributed by atoms with Gasteiger partial charge in [-0.3, -0.25) is 4.79 Å². The number of hydrogen-bond acceptors (Lipinski definition) is 6. The van der Waals surface area contributed by atoms with Crippen molar-refractivity contribution in [2.45, 2.75) is 38.8 Å². The third kappa shape index (κ3) is 4.03. The van der Waals surface area contributed by atoms with Crippen LogP contribution in [0, 0.1) is 5.92 Å². The van der Waals surface area contributed by atoms with Crippen LogP contribution in [-0.4, -0.2) is 32.0 Å². The zero-order valence-corrected chi connectivity index (χ0v) is 17.0. The molecule has 0 spiro atoms. The minimum absolute atomic E-state index is 0.0138. The van der Waals surface area contributed by atoms with Gasteiger partial charge in [-0.2, -0.15) is 0 Å². The number of benzene rings is 2. The summed E-state index contributed by atoms with van der Waals surface area (Å²) in [4.78, 5) is 12.9. The Morgan fingerprint density at radius 1 is 1.10 bits per heavy atom. The second kappa shape index (κ2) is 8.33. The number of hydrogen-bond donors (Lipinski definition) is 1. The summed E-state index contributed by atoms with van der Waals surface area (Å²) in [6, 6.07) is 13.7. The molecule has 6 heteroatoms. The molecule has 0 amide bonds. The number of fused-ring (bicyclic) bond motifs is 1. The molecule has 29 heavy (non-hydrogen) atoms. The lowest BCUT2D eigenvalue weighted by molar-refractivity contribution is -0.148. The molecule has 0 aromatic heterocycles.